The van der Waals surface area contributed by atoms with Crippen LogP contribution in [0, 0.1) is 0 Å². The maximum absolute atomic E-state index is 5.61. The second-order valence-corrected chi connectivity index (χ2v) is 7.07. The third-order valence-corrected chi connectivity index (χ3v) is 5.45. The van der Waals surface area contributed by atoms with Gasteiger partial charge < -0.3 is 10.1 Å². The molecule has 0 aliphatic heterocycles. The van der Waals surface area contributed by atoms with Gasteiger partial charge in [-0.25, -0.2) is 0 Å². The Morgan fingerprint density at radius 3 is 2.33 bits per heavy atom. The fourth-order valence-electron chi connectivity index (χ4n) is 3.91. The summed E-state index contributed by atoms with van der Waals surface area (Å²) in [7, 11) is 3.93. The lowest BCUT2D eigenvalue weighted by Gasteiger charge is -2.39. The summed E-state index contributed by atoms with van der Waals surface area (Å²) < 4.78 is 5.61. The maximum atomic E-state index is 5.61. The zero-order valence-electron chi connectivity index (χ0n) is 14.1. The van der Waals surface area contributed by atoms with Crippen molar-refractivity contribution in [3.63, 3.8) is 0 Å². The minimum absolute atomic E-state index is 0.0361. The van der Waals surface area contributed by atoms with E-state index in [0.29, 0.717) is 11.5 Å². The minimum Gasteiger partial charge on any atom is -0.379 e. The van der Waals surface area contributed by atoms with Crippen LogP contribution in [0.5, 0.6) is 0 Å². The average Bonchev–Trinajstić information content (AvgIpc) is 2.99. The molecular weight excluding hydrogens is 258 g/mol. The first-order chi connectivity index (χ1) is 10.0. The number of hydrogen-bond acceptors (Lipinski definition) is 2. The fraction of sp³-hybridized carbons (Fsp3) is 0.684. The predicted molar refractivity (Wildman–Crippen MR) is 89.8 cm³/mol. The van der Waals surface area contributed by atoms with Crippen molar-refractivity contribution in [1.82, 2.24) is 5.32 Å². The Hall–Kier alpha value is -0.860. The van der Waals surface area contributed by atoms with Crippen LogP contribution in [0.2, 0.25) is 0 Å². The molecule has 1 atom stereocenters. The van der Waals surface area contributed by atoms with Crippen LogP contribution in [0.15, 0.2) is 30.3 Å². The van der Waals surface area contributed by atoms with E-state index in [1.54, 1.807) is 0 Å². The van der Waals surface area contributed by atoms with Crippen molar-refractivity contribution in [2.75, 3.05) is 14.2 Å². The first-order valence-corrected chi connectivity index (χ1v) is 8.32. The molecule has 2 rings (SSSR count). The number of ether oxygens (including phenoxy) is 1. The first kappa shape index (κ1) is 16.5. The molecule has 118 valence electrons. The molecule has 0 radical (unpaired) electrons. The van der Waals surface area contributed by atoms with Crippen LogP contribution < -0.4 is 5.32 Å². The molecule has 1 aliphatic rings. The van der Waals surface area contributed by atoms with Gasteiger partial charge in [-0.15, -0.1) is 0 Å². The van der Waals surface area contributed by atoms with Gasteiger partial charge in [0, 0.05) is 18.6 Å². The summed E-state index contributed by atoms with van der Waals surface area (Å²) in [6, 6.07) is 11.6. The summed E-state index contributed by atoms with van der Waals surface area (Å²) in [5, 5.41) is 3.62. The van der Waals surface area contributed by atoms with Crippen LogP contribution in [-0.4, -0.2) is 25.8 Å². The molecule has 1 aliphatic carbocycles. The molecule has 1 N–H and O–H groups in total. The van der Waals surface area contributed by atoms with Crippen molar-refractivity contribution >= 4 is 0 Å². The summed E-state index contributed by atoms with van der Waals surface area (Å²) in [6.07, 6.45) is 7.54. The van der Waals surface area contributed by atoms with Gasteiger partial charge in [-0.2, -0.15) is 0 Å². The second-order valence-electron chi connectivity index (χ2n) is 7.07. The number of rotatable bonds is 7. The first-order valence-electron chi connectivity index (χ1n) is 8.32. The third kappa shape index (κ3) is 3.67. The molecule has 2 heteroatoms. The Balaban J connectivity index is 2.19. The summed E-state index contributed by atoms with van der Waals surface area (Å²) in [5.41, 5.74) is 1.78. The van der Waals surface area contributed by atoms with Gasteiger partial charge in [-0.3, -0.25) is 0 Å². The molecule has 0 aromatic heterocycles. The van der Waals surface area contributed by atoms with E-state index >= 15 is 0 Å². The van der Waals surface area contributed by atoms with Gasteiger partial charge in [0.2, 0.25) is 0 Å². The molecule has 1 unspecified atom stereocenters. The van der Waals surface area contributed by atoms with Crippen molar-refractivity contribution in [2.24, 2.45) is 0 Å². The highest BCUT2D eigenvalue weighted by molar-refractivity contribution is 5.29. The van der Waals surface area contributed by atoms with Crippen molar-refractivity contribution in [3.05, 3.63) is 35.9 Å². The zero-order chi connectivity index (χ0) is 15.3. The van der Waals surface area contributed by atoms with E-state index in [1.165, 1.54) is 31.2 Å². The Morgan fingerprint density at radius 1 is 1.19 bits per heavy atom. The molecule has 21 heavy (non-hydrogen) atoms. The van der Waals surface area contributed by atoms with E-state index in [4.69, 9.17) is 4.74 Å². The molecule has 0 spiro atoms. The Labute approximate surface area is 130 Å². The van der Waals surface area contributed by atoms with Gasteiger partial charge in [0.05, 0.1) is 5.60 Å². The maximum Gasteiger partial charge on any atom is 0.0623 e. The van der Waals surface area contributed by atoms with Crippen LogP contribution in [0.3, 0.4) is 0 Å². The van der Waals surface area contributed by atoms with Gasteiger partial charge in [-0.1, -0.05) is 43.2 Å². The van der Waals surface area contributed by atoms with Crippen molar-refractivity contribution < 1.29 is 4.74 Å². The SMILES string of the molecule is CNC(CCC(C)(C)OC)C1(c2ccccc2)CCCC1. The second kappa shape index (κ2) is 6.93. The van der Waals surface area contributed by atoms with Gasteiger partial charge >= 0.3 is 0 Å². The predicted octanol–water partition coefficient (Wildman–Crippen LogP) is 4.29. The number of methoxy groups -OCH3 is 1. The number of benzene rings is 1. The van der Waals surface area contributed by atoms with E-state index in [9.17, 15) is 0 Å². The molecule has 1 aromatic carbocycles. The lowest BCUT2D eigenvalue weighted by Crippen LogP contribution is -2.46. The van der Waals surface area contributed by atoms with Crippen LogP contribution in [0.1, 0.15) is 57.9 Å². The molecule has 1 fully saturated rings. The van der Waals surface area contributed by atoms with Crippen LogP contribution in [0.4, 0.5) is 0 Å². The van der Waals surface area contributed by atoms with E-state index in [2.05, 4.69) is 56.5 Å². The molecule has 0 amide bonds. The molecule has 1 aromatic rings. The molecular formula is C19H31NO. The number of nitrogens with one attached hydrogen (secondary N) is 1. The Bertz CT molecular complexity index is 420. The van der Waals surface area contributed by atoms with Crippen LogP contribution in [0.25, 0.3) is 0 Å². The summed E-state index contributed by atoms with van der Waals surface area (Å²) in [4.78, 5) is 0. The topological polar surface area (TPSA) is 21.3 Å². The summed E-state index contributed by atoms with van der Waals surface area (Å²) in [6.45, 7) is 4.37. The largest absolute Gasteiger partial charge is 0.379 e. The lowest BCUT2D eigenvalue weighted by atomic mass is 9.70. The zero-order valence-corrected chi connectivity index (χ0v) is 14.1. The van der Waals surface area contributed by atoms with E-state index in [1.807, 2.05) is 7.11 Å². The summed E-state index contributed by atoms with van der Waals surface area (Å²) in [5.74, 6) is 0. The van der Waals surface area contributed by atoms with Crippen molar-refractivity contribution in [3.8, 4) is 0 Å². The van der Waals surface area contributed by atoms with Crippen LogP contribution in [-0.2, 0) is 10.2 Å². The molecule has 2 nitrogen and oxygen atoms in total. The fourth-order valence-corrected chi connectivity index (χ4v) is 3.91. The Kier molecular flexibility index (Phi) is 5.45. The number of hydrogen-bond donors (Lipinski definition) is 1. The normalized spacial score (nSPS) is 19.6. The molecule has 0 heterocycles. The minimum atomic E-state index is -0.0361. The monoisotopic (exact) mass is 289 g/mol. The van der Waals surface area contributed by atoms with E-state index in [-0.39, 0.29) is 5.60 Å². The van der Waals surface area contributed by atoms with Gasteiger partial charge in [0.1, 0.15) is 0 Å². The summed E-state index contributed by atoms with van der Waals surface area (Å²) >= 11 is 0. The third-order valence-electron chi connectivity index (χ3n) is 5.45. The van der Waals surface area contributed by atoms with Crippen LogP contribution >= 0.6 is 0 Å². The highest BCUT2D eigenvalue weighted by Gasteiger charge is 2.42. The smallest absolute Gasteiger partial charge is 0.0623 e. The van der Waals surface area contributed by atoms with E-state index < -0.39 is 0 Å². The lowest BCUT2D eigenvalue weighted by molar-refractivity contribution is 0.00961. The van der Waals surface area contributed by atoms with E-state index in [0.717, 1.165) is 12.8 Å². The van der Waals surface area contributed by atoms with Crippen molar-refractivity contribution in [2.45, 2.75) is 69.4 Å². The van der Waals surface area contributed by atoms with Gasteiger partial charge in [0.25, 0.3) is 0 Å². The Morgan fingerprint density at radius 2 is 1.81 bits per heavy atom. The quantitative estimate of drug-likeness (QED) is 0.808. The standard InChI is InChI=1S/C19H31NO/c1-18(2,21-4)15-12-17(20-3)19(13-8-9-14-19)16-10-6-5-7-11-16/h5-7,10-11,17,20H,8-9,12-15H2,1-4H3. The molecule has 0 saturated heterocycles. The van der Waals surface area contributed by atoms with Crippen molar-refractivity contribution in [1.29, 1.82) is 0 Å². The molecule has 0 bridgehead atoms. The molecule has 1 saturated carbocycles. The van der Waals surface area contributed by atoms with Gasteiger partial charge in [-0.05, 0) is 52.1 Å². The average molecular weight is 289 g/mol. The highest BCUT2D eigenvalue weighted by Crippen LogP contribution is 2.45. The van der Waals surface area contributed by atoms with Gasteiger partial charge in [0.15, 0.2) is 0 Å². The highest BCUT2D eigenvalue weighted by atomic mass is 16.5. The number of likely N-dealkylation sites (N-methyl/N-ethyl adjacent to an activating group) is 1.